The largest absolute Gasteiger partial charge is 0.324 e. The summed E-state index contributed by atoms with van der Waals surface area (Å²) in [4.78, 5) is 10.3. The Kier molecular flexibility index (Phi) is 4.05. The fourth-order valence-electron chi connectivity index (χ4n) is 1.46. The number of nitrogens with two attached hydrogens (primary N) is 1. The van der Waals surface area contributed by atoms with Crippen LogP contribution in [0.3, 0.4) is 0 Å². The Morgan fingerprint density at radius 2 is 2.27 bits per heavy atom. The summed E-state index contributed by atoms with van der Waals surface area (Å²) in [5.74, 6) is 0. The highest BCUT2D eigenvalue weighted by Crippen LogP contribution is 2.29. The Labute approximate surface area is 93.2 Å². The molecule has 0 aliphatic carbocycles. The minimum atomic E-state index is -0.429. The summed E-state index contributed by atoms with van der Waals surface area (Å²) < 4.78 is 0. The minimum absolute atomic E-state index is 0.0420. The van der Waals surface area contributed by atoms with Gasteiger partial charge in [-0.25, -0.2) is 0 Å². The van der Waals surface area contributed by atoms with Gasteiger partial charge in [-0.2, -0.15) is 0 Å². The molecule has 1 rings (SSSR count). The van der Waals surface area contributed by atoms with E-state index in [0.29, 0.717) is 17.0 Å². The van der Waals surface area contributed by atoms with Gasteiger partial charge in [-0.3, -0.25) is 10.1 Å². The molecule has 2 N–H and O–H groups in total. The van der Waals surface area contributed by atoms with Gasteiger partial charge in [-0.1, -0.05) is 24.9 Å². The summed E-state index contributed by atoms with van der Waals surface area (Å²) in [6.45, 7) is 1.98. The van der Waals surface area contributed by atoms with E-state index in [2.05, 4.69) is 0 Å². The van der Waals surface area contributed by atoms with Crippen molar-refractivity contribution in [3.63, 3.8) is 0 Å². The van der Waals surface area contributed by atoms with Crippen LogP contribution in [0.15, 0.2) is 18.2 Å². The molecule has 1 aromatic carbocycles. The van der Waals surface area contributed by atoms with Crippen molar-refractivity contribution >= 4 is 17.3 Å². The van der Waals surface area contributed by atoms with Crippen LogP contribution >= 0.6 is 11.6 Å². The van der Waals surface area contributed by atoms with Crippen molar-refractivity contribution in [2.24, 2.45) is 5.73 Å². The quantitative estimate of drug-likeness (QED) is 0.636. The van der Waals surface area contributed by atoms with Gasteiger partial charge in [0.25, 0.3) is 5.69 Å². The fourth-order valence-corrected chi connectivity index (χ4v) is 1.64. The highest BCUT2D eigenvalue weighted by molar-refractivity contribution is 6.30. The molecule has 0 unspecified atom stereocenters. The van der Waals surface area contributed by atoms with Gasteiger partial charge in [0.15, 0.2) is 0 Å². The van der Waals surface area contributed by atoms with E-state index in [9.17, 15) is 10.1 Å². The Balaban J connectivity index is 3.12. The van der Waals surface area contributed by atoms with E-state index in [1.807, 2.05) is 6.92 Å². The van der Waals surface area contributed by atoms with E-state index in [1.165, 1.54) is 12.1 Å². The summed E-state index contributed by atoms with van der Waals surface area (Å²) in [6, 6.07) is 4.14. The summed E-state index contributed by atoms with van der Waals surface area (Å²) in [7, 11) is 0. The first-order valence-corrected chi connectivity index (χ1v) is 5.13. The Bertz CT molecular complexity index is 368. The minimum Gasteiger partial charge on any atom is -0.324 e. The van der Waals surface area contributed by atoms with Crippen LogP contribution in [0, 0.1) is 10.1 Å². The average Bonchev–Trinajstić information content (AvgIpc) is 2.17. The molecule has 1 atom stereocenters. The van der Waals surface area contributed by atoms with Crippen molar-refractivity contribution in [1.82, 2.24) is 0 Å². The average molecular weight is 229 g/mol. The maximum Gasteiger partial charge on any atom is 0.274 e. The Morgan fingerprint density at radius 1 is 1.60 bits per heavy atom. The van der Waals surface area contributed by atoms with Gasteiger partial charge in [0.2, 0.25) is 0 Å². The van der Waals surface area contributed by atoms with Gasteiger partial charge in [-0.05, 0) is 18.6 Å². The van der Waals surface area contributed by atoms with Gasteiger partial charge in [-0.15, -0.1) is 0 Å². The van der Waals surface area contributed by atoms with Crippen molar-refractivity contribution in [1.29, 1.82) is 0 Å². The van der Waals surface area contributed by atoms with Gasteiger partial charge in [0.1, 0.15) is 0 Å². The van der Waals surface area contributed by atoms with Crippen LogP contribution < -0.4 is 5.73 Å². The first-order valence-electron chi connectivity index (χ1n) is 4.75. The number of nitrogens with zero attached hydrogens (tertiary/aromatic N) is 1. The number of hydrogen-bond donors (Lipinski definition) is 1. The van der Waals surface area contributed by atoms with Crippen LogP contribution in [-0.4, -0.2) is 4.92 Å². The topological polar surface area (TPSA) is 69.2 Å². The second-order valence-electron chi connectivity index (χ2n) is 3.36. The molecule has 5 heteroatoms. The highest BCUT2D eigenvalue weighted by Gasteiger charge is 2.18. The van der Waals surface area contributed by atoms with Gasteiger partial charge >= 0.3 is 0 Å². The van der Waals surface area contributed by atoms with Crippen LogP contribution in [0.2, 0.25) is 5.02 Å². The molecule has 0 aromatic heterocycles. The summed E-state index contributed by atoms with van der Waals surface area (Å²) in [5.41, 5.74) is 6.40. The molecule has 82 valence electrons. The van der Waals surface area contributed by atoms with Crippen LogP contribution in [-0.2, 0) is 0 Å². The Hall–Kier alpha value is -1.13. The molecule has 0 bridgehead atoms. The zero-order valence-corrected chi connectivity index (χ0v) is 9.20. The van der Waals surface area contributed by atoms with E-state index in [1.54, 1.807) is 6.07 Å². The second-order valence-corrected chi connectivity index (χ2v) is 3.79. The third-order valence-corrected chi connectivity index (χ3v) is 2.42. The molecule has 1 aromatic rings. The lowest BCUT2D eigenvalue weighted by Gasteiger charge is -2.11. The molecule has 0 amide bonds. The molecule has 0 aliphatic rings. The summed E-state index contributed by atoms with van der Waals surface area (Å²) >= 11 is 5.79. The zero-order chi connectivity index (χ0) is 11.4. The van der Waals surface area contributed by atoms with E-state index in [0.717, 1.165) is 6.42 Å². The first kappa shape index (κ1) is 11.9. The fraction of sp³-hybridized carbons (Fsp3) is 0.400. The van der Waals surface area contributed by atoms with Crippen LogP contribution in [0.1, 0.15) is 31.4 Å². The SMILES string of the molecule is CCC[C@@H](N)c1cc(Cl)ccc1[N+](=O)[O-]. The molecular weight excluding hydrogens is 216 g/mol. The highest BCUT2D eigenvalue weighted by atomic mass is 35.5. The van der Waals surface area contributed by atoms with Crippen molar-refractivity contribution < 1.29 is 4.92 Å². The standard InChI is InChI=1S/C10H13ClN2O2/c1-2-3-9(12)8-6-7(11)4-5-10(8)13(14)15/h4-6,9H,2-3,12H2,1H3/t9-/m1/s1. The molecule has 0 fully saturated rings. The monoisotopic (exact) mass is 228 g/mol. The second kappa shape index (κ2) is 5.09. The molecule has 15 heavy (non-hydrogen) atoms. The lowest BCUT2D eigenvalue weighted by molar-refractivity contribution is -0.385. The van der Waals surface area contributed by atoms with Crippen molar-refractivity contribution in [2.75, 3.05) is 0 Å². The molecule has 0 spiro atoms. The van der Waals surface area contributed by atoms with E-state index < -0.39 is 4.92 Å². The maximum absolute atomic E-state index is 10.7. The predicted molar refractivity (Wildman–Crippen MR) is 59.9 cm³/mol. The number of rotatable bonds is 4. The Morgan fingerprint density at radius 3 is 2.80 bits per heavy atom. The smallest absolute Gasteiger partial charge is 0.274 e. The summed E-state index contributed by atoms with van der Waals surface area (Å²) in [5, 5.41) is 11.2. The van der Waals surface area contributed by atoms with Gasteiger partial charge < -0.3 is 5.73 Å². The van der Waals surface area contributed by atoms with Crippen LogP contribution in [0.5, 0.6) is 0 Å². The van der Waals surface area contributed by atoms with Gasteiger partial charge in [0.05, 0.1) is 4.92 Å². The zero-order valence-electron chi connectivity index (χ0n) is 8.44. The number of benzene rings is 1. The molecule has 0 radical (unpaired) electrons. The predicted octanol–water partition coefficient (Wildman–Crippen LogP) is 3.05. The number of halogens is 1. The maximum atomic E-state index is 10.7. The van der Waals surface area contributed by atoms with Crippen molar-refractivity contribution in [2.45, 2.75) is 25.8 Å². The summed E-state index contributed by atoms with van der Waals surface area (Å²) in [6.07, 6.45) is 1.59. The lowest BCUT2D eigenvalue weighted by Crippen LogP contribution is -2.12. The normalized spacial score (nSPS) is 12.5. The number of nitro benzene ring substituents is 1. The third kappa shape index (κ3) is 2.91. The van der Waals surface area contributed by atoms with E-state index in [-0.39, 0.29) is 11.7 Å². The van der Waals surface area contributed by atoms with Crippen molar-refractivity contribution in [3.8, 4) is 0 Å². The molecule has 4 nitrogen and oxygen atoms in total. The molecule has 0 aliphatic heterocycles. The van der Waals surface area contributed by atoms with E-state index in [4.69, 9.17) is 17.3 Å². The molecular formula is C10H13ClN2O2. The van der Waals surface area contributed by atoms with Crippen LogP contribution in [0.25, 0.3) is 0 Å². The lowest BCUT2D eigenvalue weighted by atomic mass is 10.0. The van der Waals surface area contributed by atoms with Crippen LogP contribution in [0.4, 0.5) is 5.69 Å². The molecule has 0 saturated carbocycles. The first-order chi connectivity index (χ1) is 7.06. The third-order valence-electron chi connectivity index (χ3n) is 2.19. The molecule has 0 heterocycles. The van der Waals surface area contributed by atoms with Crippen molar-refractivity contribution in [3.05, 3.63) is 38.9 Å². The van der Waals surface area contributed by atoms with Gasteiger partial charge in [0, 0.05) is 22.7 Å². The van der Waals surface area contributed by atoms with E-state index >= 15 is 0 Å². The number of hydrogen-bond acceptors (Lipinski definition) is 3. The number of nitro groups is 1. The molecule has 0 saturated heterocycles.